The van der Waals surface area contributed by atoms with Crippen molar-refractivity contribution in [3.8, 4) is 0 Å². The van der Waals surface area contributed by atoms with Crippen LogP contribution in [0.4, 0.5) is 0 Å². The molecule has 0 amide bonds. The smallest absolute Gasteiger partial charge is 0.0492 e. The van der Waals surface area contributed by atoms with Crippen molar-refractivity contribution in [1.82, 2.24) is 15.1 Å². The first-order chi connectivity index (χ1) is 9.24. The van der Waals surface area contributed by atoms with Gasteiger partial charge >= 0.3 is 0 Å². The van der Waals surface area contributed by atoms with E-state index in [1.807, 2.05) is 10.9 Å². The fourth-order valence-electron chi connectivity index (χ4n) is 3.66. The molecule has 1 N–H and O–H groups in total. The molecule has 3 nitrogen and oxygen atoms in total. The topological polar surface area (TPSA) is 29.9 Å². The molecule has 3 atom stereocenters. The van der Waals surface area contributed by atoms with Gasteiger partial charge in [-0.2, -0.15) is 5.10 Å². The maximum Gasteiger partial charge on any atom is 0.0492 e. The Morgan fingerprint density at radius 2 is 2.21 bits per heavy atom. The van der Waals surface area contributed by atoms with Crippen LogP contribution in [-0.2, 0) is 13.5 Å². The van der Waals surface area contributed by atoms with E-state index in [1.165, 1.54) is 50.8 Å². The molecule has 0 saturated heterocycles. The normalized spacial score (nSPS) is 27.6. The molecule has 1 aliphatic rings. The molecule has 3 unspecified atom stereocenters. The molecule has 1 aromatic heterocycles. The Kier molecular flexibility index (Phi) is 5.44. The van der Waals surface area contributed by atoms with Crippen LogP contribution < -0.4 is 5.32 Å². The standard InChI is InChI=1S/C16H29N3/c1-4-13-5-6-15(12-17-2)14(11-13)7-8-16-9-10-18-19(16)3/h9-10,13-15,17H,4-8,11-12H2,1-3H3. The van der Waals surface area contributed by atoms with E-state index in [1.54, 1.807) is 0 Å². The van der Waals surface area contributed by atoms with Gasteiger partial charge in [0.25, 0.3) is 0 Å². The number of aromatic nitrogens is 2. The first-order valence-corrected chi connectivity index (χ1v) is 7.86. The van der Waals surface area contributed by atoms with Crippen molar-refractivity contribution in [2.24, 2.45) is 24.8 Å². The zero-order valence-corrected chi connectivity index (χ0v) is 12.7. The lowest BCUT2D eigenvalue weighted by atomic mass is 9.71. The third-order valence-corrected chi connectivity index (χ3v) is 4.99. The van der Waals surface area contributed by atoms with E-state index in [2.05, 4.69) is 37.5 Å². The van der Waals surface area contributed by atoms with Gasteiger partial charge in [0.15, 0.2) is 0 Å². The number of hydrogen-bond acceptors (Lipinski definition) is 2. The van der Waals surface area contributed by atoms with E-state index in [4.69, 9.17) is 0 Å². The summed E-state index contributed by atoms with van der Waals surface area (Å²) >= 11 is 0. The molecule has 0 bridgehead atoms. The molecule has 108 valence electrons. The third-order valence-electron chi connectivity index (χ3n) is 4.99. The molecule has 1 aliphatic carbocycles. The molecule has 0 spiro atoms. The van der Waals surface area contributed by atoms with Gasteiger partial charge in [0.05, 0.1) is 0 Å². The highest BCUT2D eigenvalue weighted by Crippen LogP contribution is 2.37. The Labute approximate surface area is 117 Å². The van der Waals surface area contributed by atoms with Crippen LogP contribution in [0.1, 0.15) is 44.7 Å². The molecular formula is C16H29N3. The van der Waals surface area contributed by atoms with E-state index in [0.29, 0.717) is 0 Å². The zero-order chi connectivity index (χ0) is 13.7. The van der Waals surface area contributed by atoms with Gasteiger partial charge in [-0.25, -0.2) is 0 Å². The molecule has 1 saturated carbocycles. The maximum atomic E-state index is 4.27. The first kappa shape index (κ1) is 14.6. The fraction of sp³-hybridized carbons (Fsp3) is 0.812. The van der Waals surface area contributed by atoms with Gasteiger partial charge in [0, 0.05) is 18.9 Å². The third kappa shape index (κ3) is 3.82. The van der Waals surface area contributed by atoms with Crippen LogP contribution >= 0.6 is 0 Å². The maximum absolute atomic E-state index is 4.27. The Hall–Kier alpha value is -0.830. The average molecular weight is 263 g/mol. The Morgan fingerprint density at radius 1 is 1.37 bits per heavy atom. The second kappa shape index (κ2) is 7.09. The molecule has 2 rings (SSSR count). The quantitative estimate of drug-likeness (QED) is 0.855. The summed E-state index contributed by atoms with van der Waals surface area (Å²) in [5.74, 6) is 2.73. The van der Waals surface area contributed by atoms with Crippen LogP contribution in [0.3, 0.4) is 0 Å². The fourth-order valence-corrected chi connectivity index (χ4v) is 3.66. The van der Waals surface area contributed by atoms with Crippen molar-refractivity contribution in [2.45, 2.75) is 45.4 Å². The van der Waals surface area contributed by atoms with Crippen molar-refractivity contribution in [3.05, 3.63) is 18.0 Å². The summed E-state index contributed by atoms with van der Waals surface area (Å²) in [5, 5.41) is 7.66. The van der Waals surface area contributed by atoms with Gasteiger partial charge in [-0.1, -0.05) is 19.8 Å². The van der Waals surface area contributed by atoms with Crippen LogP contribution in [-0.4, -0.2) is 23.4 Å². The van der Waals surface area contributed by atoms with Gasteiger partial charge in [0.1, 0.15) is 0 Å². The summed E-state index contributed by atoms with van der Waals surface area (Å²) in [6.07, 6.45) is 10.0. The van der Waals surface area contributed by atoms with Gasteiger partial charge < -0.3 is 5.32 Å². The summed E-state index contributed by atoms with van der Waals surface area (Å²) in [5.41, 5.74) is 1.38. The Bertz CT molecular complexity index is 372. The van der Waals surface area contributed by atoms with Gasteiger partial charge in [0.2, 0.25) is 0 Å². The monoisotopic (exact) mass is 263 g/mol. The van der Waals surface area contributed by atoms with Crippen LogP contribution in [0.15, 0.2) is 12.3 Å². The number of nitrogens with one attached hydrogen (secondary N) is 1. The van der Waals surface area contributed by atoms with Crippen LogP contribution in [0.2, 0.25) is 0 Å². The largest absolute Gasteiger partial charge is 0.319 e. The molecular weight excluding hydrogens is 234 g/mol. The van der Waals surface area contributed by atoms with E-state index in [-0.39, 0.29) is 0 Å². The zero-order valence-electron chi connectivity index (χ0n) is 12.7. The number of aryl methyl sites for hydroxylation is 2. The number of rotatable bonds is 6. The van der Waals surface area contributed by atoms with E-state index in [9.17, 15) is 0 Å². The first-order valence-electron chi connectivity index (χ1n) is 7.86. The Morgan fingerprint density at radius 3 is 2.84 bits per heavy atom. The minimum Gasteiger partial charge on any atom is -0.319 e. The van der Waals surface area contributed by atoms with E-state index < -0.39 is 0 Å². The lowest BCUT2D eigenvalue weighted by Crippen LogP contribution is -2.32. The lowest BCUT2D eigenvalue weighted by Gasteiger charge is -2.36. The van der Waals surface area contributed by atoms with E-state index >= 15 is 0 Å². The van der Waals surface area contributed by atoms with Gasteiger partial charge in [-0.05, 0) is 63.1 Å². The van der Waals surface area contributed by atoms with Crippen molar-refractivity contribution < 1.29 is 0 Å². The van der Waals surface area contributed by atoms with Crippen molar-refractivity contribution in [1.29, 1.82) is 0 Å². The molecule has 1 heterocycles. The van der Waals surface area contributed by atoms with Crippen molar-refractivity contribution in [2.75, 3.05) is 13.6 Å². The van der Waals surface area contributed by atoms with E-state index in [0.717, 1.165) is 17.8 Å². The molecule has 0 radical (unpaired) electrons. The highest BCUT2D eigenvalue weighted by atomic mass is 15.2. The summed E-state index contributed by atoms with van der Waals surface area (Å²) < 4.78 is 2.02. The van der Waals surface area contributed by atoms with Crippen molar-refractivity contribution in [3.63, 3.8) is 0 Å². The second-order valence-corrected chi connectivity index (χ2v) is 6.15. The summed E-state index contributed by atoms with van der Waals surface area (Å²) in [7, 11) is 4.14. The van der Waals surface area contributed by atoms with Crippen LogP contribution in [0, 0.1) is 17.8 Å². The average Bonchev–Trinajstić information content (AvgIpc) is 2.83. The molecule has 3 heteroatoms. The number of hydrogen-bond donors (Lipinski definition) is 1. The van der Waals surface area contributed by atoms with Crippen molar-refractivity contribution >= 4 is 0 Å². The predicted molar refractivity (Wildman–Crippen MR) is 80.1 cm³/mol. The number of nitrogens with zero attached hydrogens (tertiary/aromatic N) is 2. The van der Waals surface area contributed by atoms with Gasteiger partial charge in [-0.3, -0.25) is 4.68 Å². The molecule has 1 aromatic rings. The molecule has 19 heavy (non-hydrogen) atoms. The predicted octanol–water partition coefficient (Wildman–Crippen LogP) is 3.01. The molecule has 0 aliphatic heterocycles. The second-order valence-electron chi connectivity index (χ2n) is 6.15. The summed E-state index contributed by atoms with van der Waals surface area (Å²) in [6, 6.07) is 2.16. The van der Waals surface area contributed by atoms with Crippen LogP contribution in [0.25, 0.3) is 0 Å². The van der Waals surface area contributed by atoms with Crippen LogP contribution in [0.5, 0.6) is 0 Å². The highest BCUT2D eigenvalue weighted by molar-refractivity contribution is 5.00. The minimum atomic E-state index is 0.876. The highest BCUT2D eigenvalue weighted by Gasteiger charge is 2.29. The lowest BCUT2D eigenvalue weighted by molar-refractivity contribution is 0.165. The SMILES string of the molecule is CCC1CCC(CNC)C(CCc2ccnn2C)C1. The summed E-state index contributed by atoms with van der Waals surface area (Å²) in [4.78, 5) is 0. The van der Waals surface area contributed by atoms with Gasteiger partial charge in [-0.15, -0.1) is 0 Å². The summed E-state index contributed by atoms with van der Waals surface area (Å²) in [6.45, 7) is 3.54. The molecule has 0 aromatic carbocycles. The molecule has 1 fully saturated rings. The Balaban J connectivity index is 1.91. The minimum absolute atomic E-state index is 0.876.